The van der Waals surface area contributed by atoms with Gasteiger partial charge in [0.1, 0.15) is 11.6 Å². The van der Waals surface area contributed by atoms with Gasteiger partial charge in [0.25, 0.3) is 0 Å². The van der Waals surface area contributed by atoms with Crippen molar-refractivity contribution in [3.8, 4) is 5.88 Å². The zero-order valence-electron chi connectivity index (χ0n) is 10.3. The van der Waals surface area contributed by atoms with Crippen molar-refractivity contribution in [2.24, 2.45) is 0 Å². The summed E-state index contributed by atoms with van der Waals surface area (Å²) in [5.41, 5.74) is 0.989. The summed E-state index contributed by atoms with van der Waals surface area (Å²) in [6, 6.07) is 1.87. The number of halogens is 1. The molecule has 1 saturated heterocycles. The van der Waals surface area contributed by atoms with Crippen LogP contribution in [0.2, 0.25) is 5.02 Å². The Hall–Kier alpha value is -1.49. The van der Waals surface area contributed by atoms with E-state index in [1.807, 2.05) is 19.9 Å². The number of nitrogens with one attached hydrogen (secondary N) is 1. The summed E-state index contributed by atoms with van der Waals surface area (Å²) in [7, 11) is 0. The van der Waals surface area contributed by atoms with Crippen LogP contribution in [0.25, 0.3) is 0 Å². The molecule has 2 heterocycles. The van der Waals surface area contributed by atoms with Gasteiger partial charge >= 0.3 is 6.09 Å². The summed E-state index contributed by atoms with van der Waals surface area (Å²) in [5.74, 6) is 0.680. The highest BCUT2D eigenvalue weighted by atomic mass is 35.5. The number of amides is 1. The summed E-state index contributed by atoms with van der Waals surface area (Å²) >= 11 is 6.21. The van der Waals surface area contributed by atoms with E-state index in [-0.39, 0.29) is 12.7 Å². The fourth-order valence-electron chi connectivity index (χ4n) is 1.68. The van der Waals surface area contributed by atoms with Crippen molar-refractivity contribution in [3.63, 3.8) is 0 Å². The van der Waals surface area contributed by atoms with Crippen LogP contribution in [0.15, 0.2) is 12.3 Å². The Labute approximate surface area is 110 Å². The van der Waals surface area contributed by atoms with Gasteiger partial charge in [0, 0.05) is 6.20 Å². The van der Waals surface area contributed by atoms with Crippen molar-refractivity contribution < 1.29 is 14.3 Å². The van der Waals surface area contributed by atoms with Crippen molar-refractivity contribution in [3.05, 3.63) is 22.8 Å². The van der Waals surface area contributed by atoms with Gasteiger partial charge in [-0.2, -0.15) is 0 Å². The van der Waals surface area contributed by atoms with Gasteiger partial charge in [0.15, 0.2) is 6.10 Å². The summed E-state index contributed by atoms with van der Waals surface area (Å²) < 4.78 is 10.5. The van der Waals surface area contributed by atoms with Gasteiger partial charge in [-0.05, 0) is 17.5 Å². The maximum atomic E-state index is 10.8. The van der Waals surface area contributed by atoms with Crippen molar-refractivity contribution in [1.29, 1.82) is 0 Å². The van der Waals surface area contributed by atoms with Gasteiger partial charge in [-0.3, -0.25) is 0 Å². The molecule has 98 valence electrons. The molecular weight excluding hydrogens is 256 g/mol. The minimum atomic E-state index is -0.418. The van der Waals surface area contributed by atoms with Crippen molar-refractivity contribution in [2.45, 2.75) is 25.9 Å². The van der Waals surface area contributed by atoms with Gasteiger partial charge < -0.3 is 14.8 Å². The molecule has 1 aromatic rings. The monoisotopic (exact) mass is 270 g/mol. The Balaban J connectivity index is 2.01. The highest BCUT2D eigenvalue weighted by Crippen LogP contribution is 2.30. The van der Waals surface area contributed by atoms with Crippen LogP contribution in [0.1, 0.15) is 25.3 Å². The second-order valence-electron chi connectivity index (χ2n) is 4.39. The SMILES string of the molecule is CC(C)c1ccnc(OCC2CNC(=O)O2)c1Cl. The largest absolute Gasteiger partial charge is 0.473 e. The number of alkyl carbamates (subject to hydrolysis) is 1. The van der Waals surface area contributed by atoms with E-state index in [0.717, 1.165) is 5.56 Å². The lowest BCUT2D eigenvalue weighted by atomic mass is 10.1. The van der Waals surface area contributed by atoms with E-state index in [1.54, 1.807) is 6.20 Å². The molecule has 1 amide bonds. The lowest BCUT2D eigenvalue weighted by Crippen LogP contribution is -2.22. The highest BCUT2D eigenvalue weighted by Gasteiger charge is 2.23. The van der Waals surface area contributed by atoms with Gasteiger partial charge in [-0.1, -0.05) is 25.4 Å². The number of ether oxygens (including phenoxy) is 2. The van der Waals surface area contributed by atoms with Crippen LogP contribution in [0.3, 0.4) is 0 Å². The van der Waals surface area contributed by atoms with Crippen LogP contribution < -0.4 is 10.1 Å². The minimum absolute atomic E-state index is 0.243. The molecule has 1 aliphatic rings. The van der Waals surface area contributed by atoms with Gasteiger partial charge in [0.2, 0.25) is 5.88 Å². The molecule has 1 unspecified atom stereocenters. The third kappa shape index (κ3) is 2.85. The molecule has 0 spiro atoms. The van der Waals surface area contributed by atoms with Crippen molar-refractivity contribution in [2.75, 3.05) is 13.2 Å². The Kier molecular flexibility index (Phi) is 3.91. The Bertz CT molecular complexity index is 451. The molecule has 5 nitrogen and oxygen atoms in total. The molecule has 0 aliphatic carbocycles. The number of nitrogens with zero attached hydrogens (tertiary/aromatic N) is 1. The summed E-state index contributed by atoms with van der Waals surface area (Å²) in [5, 5.41) is 3.07. The smallest absolute Gasteiger partial charge is 0.407 e. The number of carbonyl (C=O) groups is 1. The zero-order valence-corrected chi connectivity index (χ0v) is 11.0. The molecule has 2 rings (SSSR count). The molecule has 1 aliphatic heterocycles. The van der Waals surface area contributed by atoms with Gasteiger partial charge in [-0.15, -0.1) is 0 Å². The number of pyridine rings is 1. The second-order valence-corrected chi connectivity index (χ2v) is 4.77. The van der Waals surface area contributed by atoms with E-state index < -0.39 is 6.09 Å². The third-order valence-electron chi connectivity index (χ3n) is 2.66. The predicted octanol–water partition coefficient (Wildman–Crippen LogP) is 2.35. The molecule has 1 N–H and O–H groups in total. The van der Waals surface area contributed by atoms with Gasteiger partial charge in [-0.25, -0.2) is 9.78 Å². The van der Waals surface area contributed by atoms with Crippen LogP contribution in [0.4, 0.5) is 4.79 Å². The molecule has 0 saturated carbocycles. The number of rotatable bonds is 4. The van der Waals surface area contributed by atoms with Crippen LogP contribution in [0.5, 0.6) is 5.88 Å². The maximum Gasteiger partial charge on any atom is 0.407 e. The van der Waals surface area contributed by atoms with E-state index in [1.165, 1.54) is 0 Å². The average Bonchev–Trinajstić information content (AvgIpc) is 2.73. The van der Waals surface area contributed by atoms with E-state index >= 15 is 0 Å². The molecular formula is C12H15ClN2O3. The quantitative estimate of drug-likeness (QED) is 0.912. The third-order valence-corrected chi connectivity index (χ3v) is 3.04. The lowest BCUT2D eigenvalue weighted by Gasteiger charge is -2.13. The van der Waals surface area contributed by atoms with E-state index in [0.29, 0.717) is 23.4 Å². The number of hydrogen-bond acceptors (Lipinski definition) is 4. The predicted molar refractivity (Wildman–Crippen MR) is 67.1 cm³/mol. The Morgan fingerprint density at radius 2 is 2.44 bits per heavy atom. The van der Waals surface area contributed by atoms with Crippen molar-refractivity contribution >= 4 is 17.7 Å². The molecule has 0 bridgehead atoms. The summed E-state index contributed by atoms with van der Waals surface area (Å²) in [6.45, 7) is 4.79. The molecule has 1 fully saturated rings. The fraction of sp³-hybridized carbons (Fsp3) is 0.500. The Morgan fingerprint density at radius 3 is 3.06 bits per heavy atom. The first-order chi connectivity index (χ1) is 8.58. The minimum Gasteiger partial charge on any atom is -0.473 e. The number of hydrogen-bond donors (Lipinski definition) is 1. The summed E-state index contributed by atoms with van der Waals surface area (Å²) in [6.07, 6.45) is 0.951. The van der Waals surface area contributed by atoms with Crippen LogP contribution in [-0.2, 0) is 4.74 Å². The first-order valence-electron chi connectivity index (χ1n) is 5.79. The summed E-state index contributed by atoms with van der Waals surface area (Å²) in [4.78, 5) is 14.9. The molecule has 0 aromatic carbocycles. The van der Waals surface area contributed by atoms with E-state index in [9.17, 15) is 4.79 Å². The maximum absolute atomic E-state index is 10.8. The van der Waals surface area contributed by atoms with Crippen LogP contribution in [0, 0.1) is 0 Å². The normalized spacial score (nSPS) is 18.7. The number of cyclic esters (lactones) is 1. The first kappa shape index (κ1) is 13.0. The number of aromatic nitrogens is 1. The van der Waals surface area contributed by atoms with Crippen LogP contribution in [-0.4, -0.2) is 30.3 Å². The lowest BCUT2D eigenvalue weighted by molar-refractivity contribution is 0.103. The second kappa shape index (κ2) is 5.44. The molecule has 1 atom stereocenters. The Morgan fingerprint density at radius 1 is 1.67 bits per heavy atom. The molecule has 0 radical (unpaired) electrons. The van der Waals surface area contributed by atoms with E-state index in [2.05, 4.69) is 10.3 Å². The van der Waals surface area contributed by atoms with Gasteiger partial charge in [0.05, 0.1) is 6.54 Å². The molecule has 1 aromatic heterocycles. The standard InChI is InChI=1S/C12H15ClN2O3/c1-7(2)9-3-4-14-11(10(9)13)17-6-8-5-15-12(16)18-8/h3-4,7-8H,5-6H2,1-2H3,(H,15,16). The molecule has 6 heteroatoms. The first-order valence-corrected chi connectivity index (χ1v) is 6.17. The van der Waals surface area contributed by atoms with Crippen LogP contribution >= 0.6 is 11.6 Å². The highest BCUT2D eigenvalue weighted by molar-refractivity contribution is 6.32. The van der Waals surface area contributed by atoms with Crippen molar-refractivity contribution in [1.82, 2.24) is 10.3 Å². The fourth-order valence-corrected chi connectivity index (χ4v) is 2.07. The van der Waals surface area contributed by atoms with E-state index in [4.69, 9.17) is 21.1 Å². The topological polar surface area (TPSA) is 60.5 Å². The zero-order chi connectivity index (χ0) is 13.1. The number of carbonyl (C=O) groups excluding carboxylic acids is 1. The average molecular weight is 271 g/mol. The molecule has 18 heavy (non-hydrogen) atoms.